The third-order valence-corrected chi connectivity index (χ3v) is 9.00. The molecule has 1 unspecified atom stereocenters. The van der Waals surface area contributed by atoms with E-state index < -0.39 is 8.80 Å². The van der Waals surface area contributed by atoms with Crippen LogP contribution in [0.2, 0.25) is 19.1 Å². The van der Waals surface area contributed by atoms with E-state index in [2.05, 4.69) is 39.5 Å². The van der Waals surface area contributed by atoms with Crippen LogP contribution in [0.4, 0.5) is 0 Å². The van der Waals surface area contributed by atoms with Crippen molar-refractivity contribution in [3.8, 4) is 28.6 Å². The summed E-state index contributed by atoms with van der Waals surface area (Å²) < 4.78 is 20.1. The Morgan fingerprint density at radius 2 is 2.02 bits per heavy atom. The van der Waals surface area contributed by atoms with Gasteiger partial charge in [0.1, 0.15) is 24.3 Å². The molecule has 2 aliphatic heterocycles. The van der Waals surface area contributed by atoms with E-state index >= 15 is 0 Å². The lowest BCUT2D eigenvalue weighted by Crippen LogP contribution is -2.42. The minimum Gasteiger partial charge on any atom is -0.488 e. The molecule has 5 rings (SSSR count). The fraction of sp³-hybridized carbons (Fsp3) is 0.500. The van der Waals surface area contributed by atoms with Crippen LogP contribution >= 0.6 is 0 Å². The second-order valence-corrected chi connectivity index (χ2v) is 14.7. The number of benzene rings is 1. The molecule has 1 aromatic carbocycles. The normalized spacial score (nSPS) is 17.6. The van der Waals surface area contributed by atoms with Gasteiger partial charge in [0.15, 0.2) is 0 Å². The van der Waals surface area contributed by atoms with Crippen molar-refractivity contribution in [1.29, 1.82) is 0 Å². The molecule has 1 atom stereocenters. The van der Waals surface area contributed by atoms with Crippen molar-refractivity contribution >= 4 is 14.7 Å². The first-order valence-electron chi connectivity index (χ1n) is 14.4. The summed E-state index contributed by atoms with van der Waals surface area (Å²) in [7, 11) is -0.610. The Labute approximate surface area is 238 Å². The summed E-state index contributed by atoms with van der Waals surface area (Å²) in [6, 6.07) is 13.1. The van der Waals surface area contributed by atoms with Crippen LogP contribution in [-0.4, -0.2) is 73.3 Å². The summed E-state index contributed by atoms with van der Waals surface area (Å²) in [4.78, 5) is 18.2. The van der Waals surface area contributed by atoms with Crippen molar-refractivity contribution in [3.63, 3.8) is 0 Å². The minimum atomic E-state index is -0.610. The van der Waals surface area contributed by atoms with Crippen LogP contribution in [0.3, 0.4) is 0 Å². The SMILES string of the molecule is CC(=O)NCC1CCN(CC2Cc3ccc(Oc4ccc(-c5ccnn5COCC[SiH](C)C)cn4)cc3O2)CC1. The molecule has 2 aliphatic rings. The van der Waals surface area contributed by atoms with Crippen LogP contribution in [0.1, 0.15) is 25.3 Å². The minimum absolute atomic E-state index is 0.0543. The summed E-state index contributed by atoms with van der Waals surface area (Å²) >= 11 is 0. The number of carbonyl (C=O) groups excluding carboxylic acids is 1. The molecule has 0 bridgehead atoms. The highest BCUT2D eigenvalue weighted by Gasteiger charge is 2.28. The van der Waals surface area contributed by atoms with E-state index in [1.165, 1.54) is 11.6 Å². The molecular formula is C30H41N5O4Si. The third kappa shape index (κ3) is 7.71. The molecular weight excluding hydrogens is 522 g/mol. The van der Waals surface area contributed by atoms with Gasteiger partial charge < -0.3 is 19.5 Å². The maximum absolute atomic E-state index is 11.2. The molecule has 1 saturated heterocycles. The van der Waals surface area contributed by atoms with E-state index in [0.29, 0.717) is 24.3 Å². The van der Waals surface area contributed by atoms with Crippen molar-refractivity contribution in [1.82, 2.24) is 25.0 Å². The lowest BCUT2D eigenvalue weighted by atomic mass is 9.96. The van der Waals surface area contributed by atoms with Gasteiger partial charge in [0.2, 0.25) is 11.8 Å². The first-order valence-corrected chi connectivity index (χ1v) is 17.6. The van der Waals surface area contributed by atoms with Crippen LogP contribution in [0.5, 0.6) is 17.4 Å². The Hall–Kier alpha value is -3.21. The average molecular weight is 564 g/mol. The van der Waals surface area contributed by atoms with E-state index in [0.717, 1.165) is 69.1 Å². The van der Waals surface area contributed by atoms with Gasteiger partial charge >= 0.3 is 0 Å². The number of piperidine rings is 1. The zero-order valence-electron chi connectivity index (χ0n) is 23.8. The fourth-order valence-electron chi connectivity index (χ4n) is 5.26. The number of ether oxygens (including phenoxy) is 3. The maximum Gasteiger partial charge on any atom is 0.219 e. The van der Waals surface area contributed by atoms with Crippen LogP contribution in [-0.2, 0) is 22.7 Å². The number of hydrogen-bond acceptors (Lipinski definition) is 7. The number of carbonyl (C=O) groups is 1. The van der Waals surface area contributed by atoms with Crippen molar-refractivity contribution < 1.29 is 19.0 Å². The Bertz CT molecular complexity index is 1260. The van der Waals surface area contributed by atoms with Gasteiger partial charge in [0.05, 0.1) is 5.69 Å². The number of hydrogen-bond donors (Lipinski definition) is 1. The number of nitrogens with zero attached hydrogens (tertiary/aromatic N) is 4. The number of pyridine rings is 1. The van der Waals surface area contributed by atoms with Crippen molar-refractivity contribution in [2.45, 2.75) is 58.2 Å². The van der Waals surface area contributed by atoms with Gasteiger partial charge in [0.25, 0.3) is 0 Å². The molecule has 10 heteroatoms. The molecule has 40 heavy (non-hydrogen) atoms. The zero-order chi connectivity index (χ0) is 27.9. The van der Waals surface area contributed by atoms with Gasteiger partial charge in [-0.15, -0.1) is 0 Å². The van der Waals surface area contributed by atoms with E-state index in [-0.39, 0.29) is 12.0 Å². The van der Waals surface area contributed by atoms with Crippen LogP contribution in [0.15, 0.2) is 48.8 Å². The Morgan fingerprint density at radius 3 is 2.77 bits per heavy atom. The van der Waals surface area contributed by atoms with Gasteiger partial charge in [-0.3, -0.25) is 9.69 Å². The quantitative estimate of drug-likeness (QED) is 0.259. The molecule has 3 aromatic rings. The third-order valence-electron chi connectivity index (χ3n) is 7.61. The van der Waals surface area contributed by atoms with Gasteiger partial charge in [-0.2, -0.15) is 5.10 Å². The number of fused-ring (bicyclic) bond motifs is 1. The number of nitrogens with one attached hydrogen (secondary N) is 1. The highest BCUT2D eigenvalue weighted by molar-refractivity contribution is 6.55. The lowest BCUT2D eigenvalue weighted by molar-refractivity contribution is -0.119. The summed E-state index contributed by atoms with van der Waals surface area (Å²) in [6.45, 7) is 11.3. The monoisotopic (exact) mass is 563 g/mol. The fourth-order valence-corrected chi connectivity index (χ4v) is 5.90. The van der Waals surface area contributed by atoms with Crippen LogP contribution in [0, 0.1) is 5.92 Å². The Morgan fingerprint density at radius 1 is 1.18 bits per heavy atom. The summed E-state index contributed by atoms with van der Waals surface area (Å²) in [6.07, 6.45) is 6.87. The van der Waals surface area contributed by atoms with Crippen molar-refractivity contribution in [2.24, 2.45) is 5.92 Å². The highest BCUT2D eigenvalue weighted by Crippen LogP contribution is 2.34. The van der Waals surface area contributed by atoms with Crippen LogP contribution in [0.25, 0.3) is 11.3 Å². The number of amides is 1. The number of aromatic nitrogens is 3. The largest absolute Gasteiger partial charge is 0.488 e. The molecule has 1 N–H and O–H groups in total. The van der Waals surface area contributed by atoms with Crippen molar-refractivity contribution in [2.75, 3.05) is 32.8 Å². The first-order chi connectivity index (χ1) is 19.4. The predicted octanol–water partition coefficient (Wildman–Crippen LogP) is 4.35. The Balaban J connectivity index is 1.11. The molecule has 1 amide bonds. The molecule has 9 nitrogen and oxygen atoms in total. The molecule has 2 aromatic heterocycles. The lowest BCUT2D eigenvalue weighted by Gasteiger charge is -2.33. The molecule has 4 heterocycles. The first kappa shape index (κ1) is 28.3. The van der Waals surface area contributed by atoms with E-state index in [9.17, 15) is 4.79 Å². The molecule has 214 valence electrons. The highest BCUT2D eigenvalue weighted by atomic mass is 28.3. The van der Waals surface area contributed by atoms with Crippen molar-refractivity contribution in [3.05, 3.63) is 54.4 Å². The Kier molecular flexibility index (Phi) is 9.51. The van der Waals surface area contributed by atoms with E-state index in [1.54, 1.807) is 13.1 Å². The van der Waals surface area contributed by atoms with E-state index in [4.69, 9.17) is 14.2 Å². The molecule has 0 radical (unpaired) electrons. The molecule has 1 fully saturated rings. The molecule has 0 spiro atoms. The van der Waals surface area contributed by atoms with Crippen LogP contribution < -0.4 is 14.8 Å². The van der Waals surface area contributed by atoms with Gasteiger partial charge in [-0.1, -0.05) is 19.2 Å². The smallest absolute Gasteiger partial charge is 0.219 e. The number of rotatable bonds is 12. The summed E-state index contributed by atoms with van der Waals surface area (Å²) in [5.74, 6) is 2.76. The maximum atomic E-state index is 11.2. The average Bonchev–Trinajstić information content (AvgIpc) is 3.57. The zero-order valence-corrected chi connectivity index (χ0v) is 25.0. The van der Waals surface area contributed by atoms with E-state index in [1.807, 2.05) is 41.2 Å². The second kappa shape index (κ2) is 13.4. The second-order valence-electron chi connectivity index (χ2n) is 11.3. The van der Waals surface area contributed by atoms with Gasteiger partial charge in [-0.05, 0) is 61.7 Å². The molecule has 0 aliphatic carbocycles. The summed E-state index contributed by atoms with van der Waals surface area (Å²) in [5, 5.41) is 7.36. The molecule has 0 saturated carbocycles. The standard InChI is InChI=1S/C30H41N5O4Si/c1-22(36)31-18-23-9-12-34(13-10-23)20-27-16-24-4-6-26(17-29(24)38-27)39-30-7-5-25(19-32-30)28-8-11-33-35(28)21-37-14-15-40(2)3/h4-8,11,17,19,23,27,40H,9-10,12-16,18,20-21H2,1-3H3,(H,31,36). The number of likely N-dealkylation sites (tertiary alicyclic amines) is 1. The predicted molar refractivity (Wildman–Crippen MR) is 158 cm³/mol. The summed E-state index contributed by atoms with van der Waals surface area (Å²) in [5.41, 5.74) is 3.15. The van der Waals surface area contributed by atoms with Gasteiger partial charge in [0, 0.05) is 71.9 Å². The van der Waals surface area contributed by atoms with Gasteiger partial charge in [-0.25, -0.2) is 9.67 Å². The topological polar surface area (TPSA) is 90.7 Å².